The van der Waals surface area contributed by atoms with E-state index in [0.29, 0.717) is 6.10 Å². The summed E-state index contributed by atoms with van der Waals surface area (Å²) < 4.78 is 12.0. The fraction of sp³-hybridized carbons (Fsp3) is 1.00. The van der Waals surface area contributed by atoms with E-state index in [4.69, 9.17) is 8.85 Å². The third-order valence-electron chi connectivity index (χ3n) is 2.57. The Hall–Kier alpha value is 0.137. The van der Waals surface area contributed by atoms with Gasteiger partial charge >= 0.3 is 8.56 Å². The monoisotopic (exact) mass is 232 g/mol. The zero-order chi connectivity index (χ0) is 11.7. The van der Waals surface area contributed by atoms with Gasteiger partial charge < -0.3 is 8.85 Å². The molecule has 0 aliphatic carbocycles. The molecule has 0 aromatic rings. The van der Waals surface area contributed by atoms with Crippen LogP contribution in [0.4, 0.5) is 0 Å². The van der Waals surface area contributed by atoms with Crippen molar-refractivity contribution in [2.24, 2.45) is 0 Å². The lowest BCUT2D eigenvalue weighted by Crippen LogP contribution is -2.41. The topological polar surface area (TPSA) is 18.5 Å². The first-order chi connectivity index (χ1) is 7.08. The summed E-state index contributed by atoms with van der Waals surface area (Å²) in [5, 5.41) is 0. The van der Waals surface area contributed by atoms with E-state index in [1.165, 1.54) is 12.8 Å². The largest absolute Gasteiger partial charge is 0.395 e. The Balaban J connectivity index is 4.02. The average Bonchev–Trinajstić information content (AvgIpc) is 2.15. The molecular formula is C12H28O2Si. The van der Waals surface area contributed by atoms with E-state index < -0.39 is 8.56 Å². The van der Waals surface area contributed by atoms with Gasteiger partial charge in [-0.3, -0.25) is 0 Å². The molecule has 0 N–H and O–H groups in total. The predicted molar refractivity (Wildman–Crippen MR) is 68.4 cm³/mol. The van der Waals surface area contributed by atoms with Crippen LogP contribution in [0.2, 0.25) is 12.6 Å². The molecule has 0 saturated carbocycles. The average molecular weight is 232 g/mol. The quantitative estimate of drug-likeness (QED) is 0.557. The van der Waals surface area contributed by atoms with E-state index in [0.717, 1.165) is 25.5 Å². The van der Waals surface area contributed by atoms with Gasteiger partial charge in [0.05, 0.1) is 0 Å². The summed E-state index contributed by atoms with van der Waals surface area (Å²) in [4.78, 5) is 0. The molecule has 92 valence electrons. The molecule has 2 unspecified atom stereocenters. The zero-order valence-electron chi connectivity index (χ0n) is 11.1. The van der Waals surface area contributed by atoms with Gasteiger partial charge in [0, 0.05) is 12.7 Å². The minimum Gasteiger partial charge on any atom is -0.395 e. The van der Waals surface area contributed by atoms with E-state index in [9.17, 15) is 0 Å². The van der Waals surface area contributed by atoms with E-state index in [2.05, 4.69) is 34.2 Å². The molecule has 0 aliphatic rings. The van der Waals surface area contributed by atoms with E-state index >= 15 is 0 Å². The minimum absolute atomic E-state index is 0.361. The molecule has 0 aromatic carbocycles. The van der Waals surface area contributed by atoms with Crippen LogP contribution >= 0.6 is 0 Å². The van der Waals surface area contributed by atoms with Crippen molar-refractivity contribution in [1.82, 2.24) is 0 Å². The van der Waals surface area contributed by atoms with Gasteiger partial charge in [-0.1, -0.05) is 33.1 Å². The molecule has 2 atom stereocenters. The van der Waals surface area contributed by atoms with Crippen molar-refractivity contribution in [3.05, 3.63) is 0 Å². The van der Waals surface area contributed by atoms with Crippen molar-refractivity contribution in [3.8, 4) is 0 Å². The highest BCUT2D eigenvalue weighted by molar-refractivity contribution is 6.66. The summed E-state index contributed by atoms with van der Waals surface area (Å²) in [6, 6.07) is 1.11. The van der Waals surface area contributed by atoms with Gasteiger partial charge in [0.1, 0.15) is 0 Å². The van der Waals surface area contributed by atoms with E-state index in [1.54, 1.807) is 0 Å². The number of hydrogen-bond donors (Lipinski definition) is 0. The van der Waals surface area contributed by atoms with Crippen LogP contribution in [-0.4, -0.2) is 21.3 Å². The van der Waals surface area contributed by atoms with Gasteiger partial charge in [-0.25, -0.2) is 0 Å². The van der Waals surface area contributed by atoms with Crippen LogP contribution in [0.15, 0.2) is 0 Å². The van der Waals surface area contributed by atoms with Gasteiger partial charge in [-0.15, -0.1) is 0 Å². The maximum Gasteiger partial charge on any atom is 0.335 e. The Bertz CT molecular complexity index is 145. The third kappa shape index (κ3) is 7.09. The van der Waals surface area contributed by atoms with Gasteiger partial charge in [-0.2, -0.15) is 0 Å². The molecule has 15 heavy (non-hydrogen) atoms. The van der Waals surface area contributed by atoms with Crippen molar-refractivity contribution in [3.63, 3.8) is 0 Å². The molecule has 0 heterocycles. The van der Waals surface area contributed by atoms with Crippen LogP contribution in [0, 0.1) is 0 Å². The van der Waals surface area contributed by atoms with Crippen molar-refractivity contribution < 1.29 is 8.85 Å². The highest BCUT2D eigenvalue weighted by atomic mass is 28.4. The van der Waals surface area contributed by atoms with Crippen molar-refractivity contribution in [2.75, 3.05) is 6.61 Å². The molecule has 0 spiro atoms. The SMILES string of the molecule is CCCCC(C)O[Si](C)(CCC)OCC. The summed E-state index contributed by atoms with van der Waals surface area (Å²) in [5.74, 6) is 0. The van der Waals surface area contributed by atoms with Crippen LogP contribution in [0.1, 0.15) is 53.4 Å². The van der Waals surface area contributed by atoms with Gasteiger partial charge in [-0.05, 0) is 32.9 Å². The molecule has 2 nitrogen and oxygen atoms in total. The number of hydrogen-bond acceptors (Lipinski definition) is 2. The highest BCUT2D eigenvalue weighted by Gasteiger charge is 2.31. The second-order valence-corrected chi connectivity index (χ2v) is 7.68. The summed E-state index contributed by atoms with van der Waals surface area (Å²) in [5.41, 5.74) is 0. The zero-order valence-corrected chi connectivity index (χ0v) is 12.1. The molecule has 0 aromatic heterocycles. The molecule has 0 radical (unpaired) electrons. The molecule has 0 bridgehead atoms. The highest BCUT2D eigenvalue weighted by Crippen LogP contribution is 2.19. The molecule has 0 rings (SSSR count). The lowest BCUT2D eigenvalue weighted by Gasteiger charge is -2.29. The van der Waals surface area contributed by atoms with Crippen LogP contribution in [-0.2, 0) is 8.85 Å². The van der Waals surface area contributed by atoms with Crippen molar-refractivity contribution in [2.45, 2.75) is 72.1 Å². The third-order valence-corrected chi connectivity index (χ3v) is 5.78. The lowest BCUT2D eigenvalue weighted by molar-refractivity contribution is 0.123. The number of unbranched alkanes of at least 4 members (excludes halogenated alkanes) is 1. The Morgan fingerprint density at radius 2 is 1.80 bits per heavy atom. The Morgan fingerprint density at radius 1 is 1.13 bits per heavy atom. The number of rotatable bonds is 9. The maximum atomic E-state index is 6.14. The van der Waals surface area contributed by atoms with Gasteiger partial charge in [0.2, 0.25) is 0 Å². The Kier molecular flexibility index (Phi) is 8.38. The van der Waals surface area contributed by atoms with Gasteiger partial charge in [0.15, 0.2) is 0 Å². The molecule has 0 amide bonds. The second kappa shape index (κ2) is 8.31. The van der Waals surface area contributed by atoms with Crippen LogP contribution in [0.3, 0.4) is 0 Å². The predicted octanol–water partition coefficient (Wildman–Crippen LogP) is 4.10. The second-order valence-electron chi connectivity index (χ2n) is 4.39. The smallest absolute Gasteiger partial charge is 0.335 e. The lowest BCUT2D eigenvalue weighted by atomic mass is 10.2. The molecule has 0 fully saturated rings. The first-order valence-electron chi connectivity index (χ1n) is 6.39. The van der Waals surface area contributed by atoms with Crippen molar-refractivity contribution in [1.29, 1.82) is 0 Å². The van der Waals surface area contributed by atoms with Crippen LogP contribution in [0.5, 0.6) is 0 Å². The molecular weight excluding hydrogens is 204 g/mol. The van der Waals surface area contributed by atoms with Crippen molar-refractivity contribution >= 4 is 8.56 Å². The fourth-order valence-corrected chi connectivity index (χ4v) is 4.72. The molecule has 3 heteroatoms. The van der Waals surface area contributed by atoms with E-state index in [1.807, 2.05) is 0 Å². The first-order valence-corrected chi connectivity index (χ1v) is 8.92. The Morgan fingerprint density at radius 3 is 2.27 bits per heavy atom. The summed E-state index contributed by atoms with van der Waals surface area (Å²) in [7, 11) is -1.86. The molecule has 0 aliphatic heterocycles. The van der Waals surface area contributed by atoms with Gasteiger partial charge in [0.25, 0.3) is 0 Å². The molecule has 0 saturated heterocycles. The maximum absolute atomic E-state index is 6.14. The summed E-state index contributed by atoms with van der Waals surface area (Å²) in [6.45, 7) is 11.6. The Labute approximate surface area is 96.6 Å². The normalized spacial score (nSPS) is 17.4. The standard InChI is InChI=1S/C12H28O2Si/c1-6-9-10-12(4)14-15(5,11-7-2)13-8-3/h12H,6-11H2,1-5H3. The first kappa shape index (κ1) is 15.1. The van der Waals surface area contributed by atoms with Crippen LogP contribution in [0.25, 0.3) is 0 Å². The summed E-state index contributed by atoms with van der Waals surface area (Å²) in [6.07, 6.45) is 5.18. The van der Waals surface area contributed by atoms with Crippen LogP contribution < -0.4 is 0 Å². The van der Waals surface area contributed by atoms with E-state index in [-0.39, 0.29) is 0 Å². The summed E-state index contributed by atoms with van der Waals surface area (Å²) >= 11 is 0. The fourth-order valence-electron chi connectivity index (χ4n) is 1.90. The minimum atomic E-state index is -1.86.